The fourth-order valence-corrected chi connectivity index (χ4v) is 3.02. The molecule has 1 aliphatic rings. The SMILES string of the molecule is C=CCCCN(C)C(=NC)NCC(C)CN1CCN(CC)CC1.I. The van der Waals surface area contributed by atoms with E-state index in [1.807, 2.05) is 13.1 Å². The highest BCUT2D eigenvalue weighted by Gasteiger charge is 2.17. The molecule has 1 saturated heterocycles. The second kappa shape index (κ2) is 13.9. The lowest BCUT2D eigenvalue weighted by Crippen LogP contribution is -2.48. The topological polar surface area (TPSA) is 34.1 Å². The van der Waals surface area contributed by atoms with Crippen LogP contribution in [0, 0.1) is 5.92 Å². The molecule has 0 bridgehead atoms. The van der Waals surface area contributed by atoms with Gasteiger partial charge in [-0.05, 0) is 25.3 Å². The Hall–Kier alpha value is -0.340. The molecule has 1 aliphatic heterocycles. The van der Waals surface area contributed by atoms with Crippen LogP contribution in [-0.4, -0.2) is 87.1 Å². The van der Waals surface area contributed by atoms with Crippen LogP contribution in [0.15, 0.2) is 17.6 Å². The van der Waals surface area contributed by atoms with Crippen molar-refractivity contribution < 1.29 is 0 Å². The molecule has 0 radical (unpaired) electrons. The van der Waals surface area contributed by atoms with Gasteiger partial charge in [0.25, 0.3) is 0 Å². The number of likely N-dealkylation sites (N-methyl/N-ethyl adjacent to an activating group) is 1. The maximum Gasteiger partial charge on any atom is 0.193 e. The molecule has 6 heteroatoms. The average molecular weight is 451 g/mol. The van der Waals surface area contributed by atoms with Gasteiger partial charge in [-0.15, -0.1) is 30.6 Å². The van der Waals surface area contributed by atoms with Gasteiger partial charge < -0.3 is 20.0 Å². The lowest BCUT2D eigenvalue weighted by Gasteiger charge is -2.35. The van der Waals surface area contributed by atoms with Crippen molar-refractivity contribution in [1.29, 1.82) is 0 Å². The smallest absolute Gasteiger partial charge is 0.193 e. The van der Waals surface area contributed by atoms with Crippen molar-refractivity contribution in [3.05, 3.63) is 12.7 Å². The van der Waals surface area contributed by atoms with Crippen molar-refractivity contribution in [3.8, 4) is 0 Å². The number of hydrogen-bond acceptors (Lipinski definition) is 3. The van der Waals surface area contributed by atoms with Crippen LogP contribution < -0.4 is 5.32 Å². The molecule has 1 fully saturated rings. The molecule has 0 aromatic heterocycles. The van der Waals surface area contributed by atoms with Gasteiger partial charge in [-0.25, -0.2) is 0 Å². The molecule has 0 aromatic rings. The fraction of sp³-hybridized carbons (Fsp3) is 0.833. The Morgan fingerprint density at radius 2 is 1.92 bits per heavy atom. The van der Waals surface area contributed by atoms with E-state index in [0.717, 1.165) is 31.9 Å². The summed E-state index contributed by atoms with van der Waals surface area (Å²) in [6.45, 7) is 17.5. The standard InChI is InChI=1S/C18H37N5.HI/c1-6-8-9-10-21(5)18(19-4)20-15-17(3)16-23-13-11-22(7-2)12-14-23;/h6,17H,1,7-16H2,2-5H3,(H,19,20);1H. The Labute approximate surface area is 166 Å². The average Bonchev–Trinajstić information content (AvgIpc) is 2.56. The zero-order valence-corrected chi connectivity index (χ0v) is 18.5. The van der Waals surface area contributed by atoms with E-state index in [-0.39, 0.29) is 24.0 Å². The monoisotopic (exact) mass is 451 g/mol. The first kappa shape index (κ1) is 23.7. The highest BCUT2D eigenvalue weighted by atomic mass is 127. The third-order valence-corrected chi connectivity index (χ3v) is 4.57. The van der Waals surface area contributed by atoms with Crippen LogP contribution in [0.5, 0.6) is 0 Å². The van der Waals surface area contributed by atoms with E-state index in [0.29, 0.717) is 5.92 Å². The zero-order chi connectivity index (χ0) is 17.1. The van der Waals surface area contributed by atoms with Crippen molar-refractivity contribution in [2.45, 2.75) is 26.7 Å². The summed E-state index contributed by atoms with van der Waals surface area (Å²) >= 11 is 0. The second-order valence-electron chi connectivity index (χ2n) is 6.62. The van der Waals surface area contributed by atoms with E-state index >= 15 is 0 Å². The molecule has 1 rings (SSSR count). The van der Waals surface area contributed by atoms with Crippen molar-refractivity contribution in [1.82, 2.24) is 20.0 Å². The number of allylic oxidation sites excluding steroid dienone is 1. The summed E-state index contributed by atoms with van der Waals surface area (Å²) in [4.78, 5) is 11.7. The molecule has 0 spiro atoms. The molecule has 1 unspecified atom stereocenters. The van der Waals surface area contributed by atoms with Crippen LogP contribution in [0.4, 0.5) is 0 Å². The maximum atomic E-state index is 4.39. The number of aliphatic imine (C=N–C) groups is 1. The summed E-state index contributed by atoms with van der Waals surface area (Å²) in [5.74, 6) is 1.62. The normalized spacial score (nSPS) is 17.9. The van der Waals surface area contributed by atoms with E-state index in [2.05, 4.69) is 52.5 Å². The minimum absolute atomic E-state index is 0. The van der Waals surface area contributed by atoms with Gasteiger partial charge >= 0.3 is 0 Å². The van der Waals surface area contributed by atoms with Gasteiger partial charge in [-0.3, -0.25) is 4.99 Å². The number of halogens is 1. The van der Waals surface area contributed by atoms with Crippen molar-refractivity contribution in [2.24, 2.45) is 10.9 Å². The predicted octanol–water partition coefficient (Wildman–Crippen LogP) is 2.35. The Morgan fingerprint density at radius 1 is 1.29 bits per heavy atom. The summed E-state index contributed by atoms with van der Waals surface area (Å²) in [6.07, 6.45) is 4.16. The largest absolute Gasteiger partial charge is 0.356 e. The maximum absolute atomic E-state index is 4.39. The van der Waals surface area contributed by atoms with Gasteiger partial charge in [-0.1, -0.05) is 19.9 Å². The summed E-state index contributed by atoms with van der Waals surface area (Å²) < 4.78 is 0. The van der Waals surface area contributed by atoms with Gasteiger partial charge in [0, 0.05) is 59.9 Å². The Kier molecular flexibility index (Phi) is 13.7. The lowest BCUT2D eigenvalue weighted by molar-refractivity contribution is 0.124. The fourth-order valence-electron chi connectivity index (χ4n) is 3.02. The molecule has 0 saturated carbocycles. The molecule has 1 atom stereocenters. The van der Waals surface area contributed by atoms with E-state index in [9.17, 15) is 0 Å². The first-order chi connectivity index (χ1) is 11.1. The van der Waals surface area contributed by atoms with Crippen LogP contribution in [0.2, 0.25) is 0 Å². The van der Waals surface area contributed by atoms with Crippen LogP contribution in [-0.2, 0) is 0 Å². The minimum atomic E-state index is 0. The van der Waals surface area contributed by atoms with Gasteiger partial charge in [0.1, 0.15) is 0 Å². The van der Waals surface area contributed by atoms with Crippen molar-refractivity contribution in [3.63, 3.8) is 0 Å². The number of nitrogens with one attached hydrogen (secondary N) is 1. The van der Waals surface area contributed by atoms with Crippen molar-refractivity contribution >= 4 is 29.9 Å². The number of rotatable bonds is 9. The predicted molar refractivity (Wildman–Crippen MR) is 117 cm³/mol. The quantitative estimate of drug-likeness (QED) is 0.192. The van der Waals surface area contributed by atoms with Crippen LogP contribution in [0.1, 0.15) is 26.7 Å². The van der Waals surface area contributed by atoms with E-state index in [4.69, 9.17) is 0 Å². The molecule has 5 nitrogen and oxygen atoms in total. The van der Waals surface area contributed by atoms with Crippen LogP contribution in [0.25, 0.3) is 0 Å². The number of nitrogens with zero attached hydrogens (tertiary/aromatic N) is 4. The Morgan fingerprint density at radius 3 is 2.46 bits per heavy atom. The van der Waals surface area contributed by atoms with E-state index in [1.54, 1.807) is 0 Å². The molecular formula is C18H38IN5. The zero-order valence-electron chi connectivity index (χ0n) is 16.1. The molecule has 0 aliphatic carbocycles. The second-order valence-corrected chi connectivity index (χ2v) is 6.62. The third-order valence-electron chi connectivity index (χ3n) is 4.57. The van der Waals surface area contributed by atoms with Gasteiger partial charge in [0.15, 0.2) is 5.96 Å². The lowest BCUT2D eigenvalue weighted by atomic mass is 10.1. The van der Waals surface area contributed by atoms with Crippen LogP contribution in [0.3, 0.4) is 0 Å². The summed E-state index contributed by atoms with van der Waals surface area (Å²) in [5, 5.41) is 3.52. The molecular weight excluding hydrogens is 413 g/mol. The molecule has 24 heavy (non-hydrogen) atoms. The molecule has 0 aromatic carbocycles. The van der Waals surface area contributed by atoms with Crippen LogP contribution >= 0.6 is 24.0 Å². The molecule has 142 valence electrons. The highest BCUT2D eigenvalue weighted by Crippen LogP contribution is 2.05. The van der Waals surface area contributed by atoms with Gasteiger partial charge in [0.2, 0.25) is 0 Å². The summed E-state index contributed by atoms with van der Waals surface area (Å²) in [5.41, 5.74) is 0. The molecule has 1 N–H and O–H groups in total. The highest BCUT2D eigenvalue weighted by molar-refractivity contribution is 14.0. The van der Waals surface area contributed by atoms with Crippen molar-refractivity contribution in [2.75, 3.05) is 66.5 Å². The Balaban J connectivity index is 0.00000529. The molecule has 0 amide bonds. The first-order valence-corrected chi connectivity index (χ1v) is 9.08. The summed E-state index contributed by atoms with van der Waals surface area (Å²) in [6, 6.07) is 0. The Bertz CT molecular complexity index is 353. The minimum Gasteiger partial charge on any atom is -0.356 e. The van der Waals surface area contributed by atoms with E-state index < -0.39 is 0 Å². The molecule has 1 heterocycles. The number of guanidine groups is 1. The third kappa shape index (κ3) is 9.22. The first-order valence-electron chi connectivity index (χ1n) is 9.08. The van der Waals surface area contributed by atoms with E-state index in [1.165, 1.54) is 39.3 Å². The number of piperazine rings is 1. The van der Waals surface area contributed by atoms with Gasteiger partial charge in [-0.2, -0.15) is 0 Å². The van der Waals surface area contributed by atoms with Gasteiger partial charge in [0.05, 0.1) is 0 Å². The summed E-state index contributed by atoms with van der Waals surface area (Å²) in [7, 11) is 3.97. The number of unbranched alkanes of at least 4 members (excludes halogenated alkanes) is 1. The number of hydrogen-bond donors (Lipinski definition) is 1.